The Labute approximate surface area is 179 Å². The van der Waals surface area contributed by atoms with Crippen LogP contribution in [0.2, 0.25) is 5.02 Å². The molecular weight excluding hydrogens is 392 g/mol. The van der Waals surface area contributed by atoms with Crippen LogP contribution in [0.15, 0.2) is 96.6 Å². The fourth-order valence-electron chi connectivity index (χ4n) is 3.75. The fourth-order valence-corrected chi connectivity index (χ4v) is 3.87. The lowest BCUT2D eigenvalue weighted by Crippen LogP contribution is -2.19. The molecule has 0 spiro atoms. The van der Waals surface area contributed by atoms with Crippen LogP contribution in [-0.2, 0) is 0 Å². The smallest absolute Gasteiger partial charge is 0.195 e. The molecule has 0 N–H and O–H groups in total. The Hall–Kier alpha value is -3.92. The maximum absolute atomic E-state index is 13.4. The highest BCUT2D eigenvalue weighted by Gasteiger charge is 2.47. The van der Waals surface area contributed by atoms with Crippen LogP contribution in [0.3, 0.4) is 0 Å². The molecule has 0 radical (unpaired) electrons. The minimum atomic E-state index is -1.62. The number of allylic oxidation sites excluding steroid dienone is 4. The molecule has 0 saturated heterocycles. The van der Waals surface area contributed by atoms with E-state index in [1.54, 1.807) is 54.6 Å². The van der Waals surface area contributed by atoms with Crippen molar-refractivity contribution in [3.63, 3.8) is 0 Å². The molecule has 0 unspecified atom stereocenters. The van der Waals surface area contributed by atoms with Gasteiger partial charge < -0.3 is 0 Å². The van der Waals surface area contributed by atoms with Gasteiger partial charge >= 0.3 is 0 Å². The zero-order valence-electron chi connectivity index (χ0n) is 15.8. The molecule has 0 atom stereocenters. The van der Waals surface area contributed by atoms with Gasteiger partial charge in [0.2, 0.25) is 0 Å². The number of hydrogen-bond acceptors (Lipinski definition) is 3. The number of benzene rings is 3. The summed E-state index contributed by atoms with van der Waals surface area (Å²) in [6, 6.07) is 29.3. The minimum Gasteiger partial charge on any atom is -0.289 e. The zero-order chi connectivity index (χ0) is 21.1. The Morgan fingerprint density at radius 2 is 1.33 bits per heavy atom. The summed E-state index contributed by atoms with van der Waals surface area (Å²) in [4.78, 5) is 13.4. The van der Waals surface area contributed by atoms with Crippen LogP contribution in [0.25, 0.3) is 11.1 Å². The molecular formula is C26H15ClN2O. The molecule has 0 amide bonds. The molecule has 0 saturated carbocycles. The number of ketones is 1. The number of nitriles is 2. The van der Waals surface area contributed by atoms with Crippen molar-refractivity contribution in [2.24, 2.45) is 5.41 Å². The van der Waals surface area contributed by atoms with Crippen molar-refractivity contribution in [2.45, 2.75) is 0 Å². The Morgan fingerprint density at radius 1 is 0.767 bits per heavy atom. The van der Waals surface area contributed by atoms with Gasteiger partial charge in [0.25, 0.3) is 0 Å². The Morgan fingerprint density at radius 3 is 1.90 bits per heavy atom. The van der Waals surface area contributed by atoms with Gasteiger partial charge in [-0.1, -0.05) is 84.4 Å². The summed E-state index contributed by atoms with van der Waals surface area (Å²) in [7, 11) is 0. The van der Waals surface area contributed by atoms with Gasteiger partial charge in [0.1, 0.15) is 0 Å². The summed E-state index contributed by atoms with van der Waals surface area (Å²) in [5.74, 6) is -0.235. The van der Waals surface area contributed by atoms with E-state index in [1.807, 2.05) is 36.4 Å². The van der Waals surface area contributed by atoms with Gasteiger partial charge in [0, 0.05) is 21.7 Å². The summed E-state index contributed by atoms with van der Waals surface area (Å²) in [5, 5.41) is 21.0. The summed E-state index contributed by atoms with van der Waals surface area (Å²) in [5.41, 5.74) is 1.44. The summed E-state index contributed by atoms with van der Waals surface area (Å²) < 4.78 is 0. The molecule has 142 valence electrons. The predicted octanol–water partition coefficient (Wildman–Crippen LogP) is 6.11. The molecule has 0 bridgehead atoms. The lowest BCUT2D eigenvalue weighted by atomic mass is 9.73. The van der Waals surface area contributed by atoms with E-state index in [1.165, 1.54) is 0 Å². The number of carbonyl (C=O) groups excluding carboxylic acids is 1. The van der Waals surface area contributed by atoms with Gasteiger partial charge in [0.05, 0.1) is 12.1 Å². The SMILES string of the molecule is N#CC1(C#N)C(c2ccccc2)=CC(C(=O)c2ccccc2)=C1c1ccc(Cl)cc1. The second-order valence-electron chi connectivity index (χ2n) is 6.89. The van der Waals surface area contributed by atoms with E-state index in [2.05, 4.69) is 12.1 Å². The van der Waals surface area contributed by atoms with E-state index in [4.69, 9.17) is 11.6 Å². The standard InChI is InChI=1S/C26H15ClN2O/c27-21-13-11-19(12-14-21)24-22(25(30)20-9-5-2-6-10-20)15-23(26(24,16-28)17-29)18-7-3-1-4-8-18/h1-15H. The summed E-state index contributed by atoms with van der Waals surface area (Å²) >= 11 is 6.05. The molecule has 0 fully saturated rings. The van der Waals surface area contributed by atoms with Crippen molar-refractivity contribution < 1.29 is 4.79 Å². The number of rotatable bonds is 4. The first kappa shape index (κ1) is 19.4. The molecule has 3 nitrogen and oxygen atoms in total. The van der Waals surface area contributed by atoms with Crippen LogP contribution in [-0.4, -0.2) is 5.78 Å². The van der Waals surface area contributed by atoms with E-state index in [9.17, 15) is 15.3 Å². The van der Waals surface area contributed by atoms with Crippen molar-refractivity contribution in [1.82, 2.24) is 0 Å². The molecule has 3 aromatic rings. The number of hydrogen-bond donors (Lipinski definition) is 0. The van der Waals surface area contributed by atoms with E-state index in [-0.39, 0.29) is 5.78 Å². The average molecular weight is 407 g/mol. The largest absolute Gasteiger partial charge is 0.289 e. The zero-order valence-corrected chi connectivity index (χ0v) is 16.6. The first-order chi connectivity index (χ1) is 14.6. The summed E-state index contributed by atoms with van der Waals surface area (Å²) in [6.45, 7) is 0. The molecule has 4 heteroatoms. The third kappa shape index (κ3) is 3.12. The number of Topliss-reactive ketones (excluding diaryl/α,β-unsaturated/α-hetero) is 1. The van der Waals surface area contributed by atoms with Crippen LogP contribution in [0.5, 0.6) is 0 Å². The molecule has 30 heavy (non-hydrogen) atoms. The van der Waals surface area contributed by atoms with Crippen LogP contribution in [0.1, 0.15) is 21.5 Å². The van der Waals surface area contributed by atoms with Crippen LogP contribution in [0.4, 0.5) is 0 Å². The highest BCUT2D eigenvalue weighted by Crippen LogP contribution is 2.52. The van der Waals surface area contributed by atoms with Gasteiger partial charge in [-0.25, -0.2) is 0 Å². The number of carbonyl (C=O) groups is 1. The number of halogens is 1. The van der Waals surface area contributed by atoms with Gasteiger partial charge in [0.15, 0.2) is 11.2 Å². The second-order valence-corrected chi connectivity index (χ2v) is 7.32. The van der Waals surface area contributed by atoms with Gasteiger partial charge in [-0.05, 0) is 34.9 Å². The lowest BCUT2D eigenvalue weighted by molar-refractivity contribution is 0.103. The normalized spacial score (nSPS) is 14.6. The van der Waals surface area contributed by atoms with Crippen LogP contribution >= 0.6 is 11.6 Å². The first-order valence-corrected chi connectivity index (χ1v) is 9.69. The monoisotopic (exact) mass is 406 g/mol. The Bertz CT molecular complexity index is 1240. The van der Waals surface area contributed by atoms with E-state index in [0.717, 1.165) is 5.56 Å². The van der Waals surface area contributed by atoms with E-state index in [0.29, 0.717) is 32.9 Å². The van der Waals surface area contributed by atoms with E-state index < -0.39 is 5.41 Å². The van der Waals surface area contributed by atoms with Crippen molar-refractivity contribution in [3.05, 3.63) is 118 Å². The molecule has 1 aliphatic rings. The lowest BCUT2D eigenvalue weighted by Gasteiger charge is -2.22. The maximum atomic E-state index is 13.4. The van der Waals surface area contributed by atoms with Gasteiger partial charge in [-0.15, -0.1) is 0 Å². The Kier molecular flexibility index (Phi) is 5.07. The van der Waals surface area contributed by atoms with Crippen molar-refractivity contribution >= 4 is 28.5 Å². The average Bonchev–Trinajstić information content (AvgIpc) is 3.16. The first-order valence-electron chi connectivity index (χ1n) is 9.31. The van der Waals surface area contributed by atoms with Crippen molar-refractivity contribution in [1.29, 1.82) is 10.5 Å². The van der Waals surface area contributed by atoms with Gasteiger partial charge in [-0.2, -0.15) is 10.5 Å². The third-order valence-electron chi connectivity index (χ3n) is 5.17. The third-order valence-corrected chi connectivity index (χ3v) is 5.42. The van der Waals surface area contributed by atoms with Gasteiger partial charge in [-0.3, -0.25) is 4.79 Å². The molecule has 0 aromatic heterocycles. The highest BCUT2D eigenvalue weighted by molar-refractivity contribution is 6.30. The van der Waals surface area contributed by atoms with Crippen molar-refractivity contribution in [3.8, 4) is 12.1 Å². The minimum absolute atomic E-state index is 0.235. The fraction of sp³-hybridized carbons (Fsp3) is 0.0385. The molecule has 1 aliphatic carbocycles. The molecule has 4 rings (SSSR count). The van der Waals surface area contributed by atoms with Crippen LogP contribution in [0, 0.1) is 28.1 Å². The number of nitrogens with zero attached hydrogens (tertiary/aromatic N) is 2. The summed E-state index contributed by atoms with van der Waals surface area (Å²) in [6.07, 6.45) is 1.68. The molecule has 0 aliphatic heterocycles. The molecule has 3 aromatic carbocycles. The topological polar surface area (TPSA) is 64.7 Å². The predicted molar refractivity (Wildman–Crippen MR) is 117 cm³/mol. The van der Waals surface area contributed by atoms with E-state index >= 15 is 0 Å². The van der Waals surface area contributed by atoms with Crippen LogP contribution < -0.4 is 0 Å². The highest BCUT2D eigenvalue weighted by atomic mass is 35.5. The quantitative estimate of drug-likeness (QED) is 0.491. The maximum Gasteiger partial charge on any atom is 0.195 e. The van der Waals surface area contributed by atoms with Crippen molar-refractivity contribution in [2.75, 3.05) is 0 Å². The molecule has 0 heterocycles. The Balaban J connectivity index is 2.02. The second kappa shape index (κ2) is 7.84.